The molecule has 1 aliphatic heterocycles. The Morgan fingerprint density at radius 2 is 2.07 bits per heavy atom. The van der Waals surface area contributed by atoms with Gasteiger partial charge in [0, 0.05) is 40.5 Å². The van der Waals surface area contributed by atoms with Gasteiger partial charge in [0.25, 0.3) is 0 Å². The van der Waals surface area contributed by atoms with Crippen LogP contribution in [0.1, 0.15) is 39.7 Å². The van der Waals surface area contributed by atoms with Gasteiger partial charge in [-0.2, -0.15) is 0 Å². The monoisotopic (exact) mass is 380 g/mol. The van der Waals surface area contributed by atoms with Crippen LogP contribution in [0, 0.1) is 0 Å². The maximum atomic E-state index is 12.6. The third-order valence-electron chi connectivity index (χ3n) is 5.56. The molecular formula is C21H20N2O3S. The van der Waals surface area contributed by atoms with Crippen LogP contribution in [0.25, 0.3) is 21.3 Å². The molecule has 0 amide bonds. The van der Waals surface area contributed by atoms with Gasteiger partial charge in [0.15, 0.2) is 0 Å². The maximum Gasteiger partial charge on any atom is 0.341 e. The summed E-state index contributed by atoms with van der Waals surface area (Å²) in [6.07, 6.45) is 4.66. The number of thiophene rings is 1. The Morgan fingerprint density at radius 1 is 1.26 bits per heavy atom. The maximum absolute atomic E-state index is 12.6. The van der Waals surface area contributed by atoms with Gasteiger partial charge in [-0.25, -0.2) is 4.79 Å². The number of nitrogens with zero attached hydrogens (tertiary/aromatic N) is 2. The molecule has 138 valence electrons. The third-order valence-corrected chi connectivity index (χ3v) is 6.77. The molecular weight excluding hydrogens is 360 g/mol. The molecule has 1 aliphatic carbocycles. The van der Waals surface area contributed by atoms with Gasteiger partial charge in [0.2, 0.25) is 5.43 Å². The summed E-state index contributed by atoms with van der Waals surface area (Å²) in [6, 6.07) is 8.38. The number of hydrogen-bond donors (Lipinski definition) is 1. The van der Waals surface area contributed by atoms with Gasteiger partial charge in [-0.1, -0.05) is 6.07 Å². The van der Waals surface area contributed by atoms with Crippen LogP contribution >= 0.6 is 11.3 Å². The van der Waals surface area contributed by atoms with E-state index >= 15 is 0 Å². The van der Waals surface area contributed by atoms with Crippen LogP contribution in [0.4, 0.5) is 0 Å². The van der Waals surface area contributed by atoms with Gasteiger partial charge < -0.3 is 14.6 Å². The number of likely N-dealkylation sites (N-methyl/N-ethyl adjacent to an activating group) is 1. The quantitative estimate of drug-likeness (QED) is 0.752. The lowest BCUT2D eigenvalue weighted by atomic mass is 10.0. The van der Waals surface area contributed by atoms with Crippen LogP contribution in [0.2, 0.25) is 0 Å². The first kappa shape index (κ1) is 16.7. The Labute approximate surface area is 160 Å². The standard InChI is InChI=1S/C21H20N2O3S/c1-22-7-6-13-9-18(27-19(13)11-22)12-2-5-15-17(8-12)23(14-3-4-14)10-16(20(15)24)21(25)26/h2,5,8-10,14H,3-4,6-7,11H2,1H3,(H,25,26). The first-order valence-corrected chi connectivity index (χ1v) is 10.1. The number of pyridine rings is 1. The van der Waals surface area contributed by atoms with Crippen molar-refractivity contribution < 1.29 is 9.90 Å². The number of carboxylic acid groups (broad SMARTS) is 1. The van der Waals surface area contributed by atoms with E-state index in [0.717, 1.165) is 43.4 Å². The number of carboxylic acids is 1. The smallest absolute Gasteiger partial charge is 0.341 e. The summed E-state index contributed by atoms with van der Waals surface area (Å²) < 4.78 is 1.99. The highest BCUT2D eigenvalue weighted by atomic mass is 32.1. The van der Waals surface area contributed by atoms with Crippen molar-refractivity contribution in [3.05, 3.63) is 56.7 Å². The van der Waals surface area contributed by atoms with Crippen LogP contribution in [-0.2, 0) is 13.0 Å². The van der Waals surface area contributed by atoms with Crippen molar-refractivity contribution in [3.63, 3.8) is 0 Å². The molecule has 3 aromatic rings. The Balaban J connectivity index is 1.68. The van der Waals surface area contributed by atoms with Gasteiger partial charge in [-0.05, 0) is 55.6 Å². The van der Waals surface area contributed by atoms with E-state index in [2.05, 4.69) is 24.1 Å². The molecule has 0 spiro atoms. The molecule has 0 atom stereocenters. The first-order valence-electron chi connectivity index (χ1n) is 9.24. The molecule has 0 saturated heterocycles. The summed E-state index contributed by atoms with van der Waals surface area (Å²) >= 11 is 1.82. The molecule has 1 aromatic carbocycles. The van der Waals surface area contributed by atoms with E-state index in [1.54, 1.807) is 6.07 Å². The van der Waals surface area contributed by atoms with Crippen LogP contribution in [-0.4, -0.2) is 34.1 Å². The molecule has 1 N–H and O–H groups in total. The van der Waals surface area contributed by atoms with E-state index < -0.39 is 11.4 Å². The van der Waals surface area contributed by atoms with Gasteiger partial charge in [0.1, 0.15) is 5.56 Å². The highest BCUT2D eigenvalue weighted by Gasteiger charge is 2.27. The Hall–Kier alpha value is -2.44. The van der Waals surface area contributed by atoms with Crippen molar-refractivity contribution in [2.24, 2.45) is 0 Å². The lowest BCUT2D eigenvalue weighted by molar-refractivity contribution is 0.0695. The molecule has 2 aliphatic rings. The van der Waals surface area contributed by atoms with E-state index in [1.807, 2.05) is 22.0 Å². The summed E-state index contributed by atoms with van der Waals surface area (Å²) in [4.78, 5) is 29.1. The average Bonchev–Trinajstić information content (AvgIpc) is 3.40. The molecule has 1 fully saturated rings. The summed E-state index contributed by atoms with van der Waals surface area (Å²) in [5, 5.41) is 9.88. The normalized spacial score (nSPS) is 17.2. The van der Waals surface area contributed by atoms with Crippen molar-refractivity contribution in [1.29, 1.82) is 0 Å². The fourth-order valence-electron chi connectivity index (χ4n) is 3.90. The minimum atomic E-state index is -1.16. The molecule has 3 heterocycles. The van der Waals surface area contributed by atoms with Crippen molar-refractivity contribution in [1.82, 2.24) is 9.47 Å². The lowest BCUT2D eigenvalue weighted by Gasteiger charge is -2.21. The highest BCUT2D eigenvalue weighted by molar-refractivity contribution is 7.15. The Bertz CT molecular complexity index is 1140. The fraction of sp³-hybridized carbons (Fsp3) is 0.333. The number of benzene rings is 1. The molecule has 1 saturated carbocycles. The van der Waals surface area contributed by atoms with Gasteiger partial charge in [-0.3, -0.25) is 4.79 Å². The largest absolute Gasteiger partial charge is 0.477 e. The Morgan fingerprint density at radius 3 is 2.81 bits per heavy atom. The lowest BCUT2D eigenvalue weighted by Crippen LogP contribution is -2.24. The number of aromatic carboxylic acids is 1. The van der Waals surface area contributed by atoms with Crippen molar-refractivity contribution in [2.75, 3.05) is 13.6 Å². The topological polar surface area (TPSA) is 62.5 Å². The van der Waals surface area contributed by atoms with Crippen molar-refractivity contribution >= 4 is 28.2 Å². The number of carbonyl (C=O) groups is 1. The number of fused-ring (bicyclic) bond motifs is 2. The van der Waals surface area contributed by atoms with E-state index in [9.17, 15) is 14.7 Å². The number of rotatable bonds is 3. The van der Waals surface area contributed by atoms with E-state index in [-0.39, 0.29) is 5.56 Å². The van der Waals surface area contributed by atoms with Gasteiger partial charge in [0.05, 0.1) is 5.52 Å². The summed E-state index contributed by atoms with van der Waals surface area (Å²) in [5.41, 5.74) is 2.83. The first-order chi connectivity index (χ1) is 13.0. The molecule has 6 heteroatoms. The Kier molecular flexibility index (Phi) is 3.74. The van der Waals surface area contributed by atoms with Gasteiger partial charge in [-0.15, -0.1) is 11.3 Å². The second-order valence-corrected chi connectivity index (χ2v) is 8.73. The predicted octanol–water partition coefficient (Wildman–Crippen LogP) is 3.75. The van der Waals surface area contributed by atoms with E-state index in [1.165, 1.54) is 21.5 Å². The summed E-state index contributed by atoms with van der Waals surface area (Å²) in [7, 11) is 2.15. The molecule has 5 nitrogen and oxygen atoms in total. The zero-order valence-electron chi connectivity index (χ0n) is 15.1. The predicted molar refractivity (Wildman–Crippen MR) is 107 cm³/mol. The third kappa shape index (κ3) is 2.80. The van der Waals surface area contributed by atoms with Crippen LogP contribution < -0.4 is 5.43 Å². The highest BCUT2D eigenvalue weighted by Crippen LogP contribution is 2.39. The zero-order valence-corrected chi connectivity index (χ0v) is 15.9. The number of hydrogen-bond acceptors (Lipinski definition) is 4. The van der Waals surface area contributed by atoms with Crippen molar-refractivity contribution in [3.8, 4) is 10.4 Å². The molecule has 2 aromatic heterocycles. The zero-order chi connectivity index (χ0) is 18.7. The van der Waals surface area contributed by atoms with E-state index in [0.29, 0.717) is 11.4 Å². The van der Waals surface area contributed by atoms with Crippen LogP contribution in [0.3, 0.4) is 0 Å². The average molecular weight is 380 g/mol. The SMILES string of the molecule is CN1CCc2cc(-c3ccc4c(=O)c(C(=O)O)cn(C5CC5)c4c3)sc2C1. The molecule has 0 radical (unpaired) electrons. The number of aromatic nitrogens is 1. The van der Waals surface area contributed by atoms with E-state index in [4.69, 9.17) is 0 Å². The molecule has 5 rings (SSSR count). The van der Waals surface area contributed by atoms with Crippen LogP contribution in [0.15, 0.2) is 35.3 Å². The summed E-state index contributed by atoms with van der Waals surface area (Å²) in [5.74, 6) is -1.16. The fourth-order valence-corrected chi connectivity index (χ4v) is 5.19. The second kappa shape index (κ2) is 6.04. The van der Waals surface area contributed by atoms with Gasteiger partial charge >= 0.3 is 5.97 Å². The minimum absolute atomic E-state index is 0.142. The van der Waals surface area contributed by atoms with Crippen molar-refractivity contribution in [2.45, 2.75) is 31.8 Å². The molecule has 0 unspecified atom stereocenters. The second-order valence-electron chi connectivity index (χ2n) is 7.59. The minimum Gasteiger partial charge on any atom is -0.477 e. The van der Waals surface area contributed by atoms with Crippen LogP contribution in [0.5, 0.6) is 0 Å². The molecule has 27 heavy (non-hydrogen) atoms. The molecule has 0 bridgehead atoms. The summed E-state index contributed by atoms with van der Waals surface area (Å²) in [6.45, 7) is 2.07.